The van der Waals surface area contributed by atoms with Crippen LogP contribution in [0.2, 0.25) is 0 Å². The van der Waals surface area contributed by atoms with Crippen molar-refractivity contribution in [2.75, 3.05) is 13.7 Å². The average molecular weight is 262 g/mol. The normalized spacial score (nSPS) is 19.0. The summed E-state index contributed by atoms with van der Waals surface area (Å²) in [5, 5.41) is 9.30. The molecule has 0 aromatic carbocycles. The van der Waals surface area contributed by atoms with Gasteiger partial charge in [-0.25, -0.2) is 9.78 Å². The van der Waals surface area contributed by atoms with E-state index in [1.54, 1.807) is 13.3 Å². The Morgan fingerprint density at radius 2 is 2.32 bits per heavy atom. The lowest BCUT2D eigenvalue weighted by Gasteiger charge is -2.30. The van der Waals surface area contributed by atoms with Crippen LogP contribution in [0.1, 0.15) is 24.5 Å². The number of nitrogens with zero attached hydrogens (tertiary/aromatic N) is 2. The number of methoxy groups -OCH3 is 1. The third-order valence-corrected chi connectivity index (χ3v) is 3.25. The fourth-order valence-electron chi connectivity index (χ4n) is 2.28. The summed E-state index contributed by atoms with van der Waals surface area (Å²) in [4.78, 5) is 16.9. The molecule has 0 bridgehead atoms. The molecule has 0 spiro atoms. The number of amides is 1. The Morgan fingerprint density at radius 3 is 2.89 bits per heavy atom. The Morgan fingerprint density at radius 1 is 1.58 bits per heavy atom. The van der Waals surface area contributed by atoms with Gasteiger partial charge in [-0.2, -0.15) is 0 Å². The van der Waals surface area contributed by atoms with Gasteiger partial charge in [-0.3, -0.25) is 4.90 Å². The highest BCUT2D eigenvalue weighted by Crippen LogP contribution is 2.29. The minimum Gasteiger partial charge on any atom is -0.481 e. The van der Waals surface area contributed by atoms with Crippen molar-refractivity contribution in [2.45, 2.75) is 20.3 Å². The van der Waals surface area contributed by atoms with Crippen molar-refractivity contribution < 1.29 is 14.6 Å². The molecule has 1 aliphatic rings. The van der Waals surface area contributed by atoms with E-state index in [1.165, 1.54) is 4.90 Å². The lowest BCUT2D eigenvalue weighted by atomic mass is 9.99. The molecule has 1 unspecified atom stereocenters. The molecule has 0 fully saturated rings. The molecule has 1 atom stereocenters. The first-order valence-corrected chi connectivity index (χ1v) is 6.24. The second-order valence-electron chi connectivity index (χ2n) is 4.87. The summed E-state index contributed by atoms with van der Waals surface area (Å²) in [5.41, 5.74) is 2.42. The van der Waals surface area contributed by atoms with Crippen LogP contribution >= 0.6 is 0 Å². The van der Waals surface area contributed by atoms with Crippen LogP contribution in [-0.2, 0) is 0 Å². The van der Waals surface area contributed by atoms with Gasteiger partial charge in [0.15, 0.2) is 0 Å². The average Bonchev–Trinajstić information content (AvgIpc) is 2.38. The van der Waals surface area contributed by atoms with E-state index in [-0.39, 0.29) is 0 Å². The first-order chi connectivity index (χ1) is 9.02. The van der Waals surface area contributed by atoms with Gasteiger partial charge in [0, 0.05) is 23.9 Å². The number of carbonyl (C=O) groups is 1. The van der Waals surface area contributed by atoms with E-state index >= 15 is 0 Å². The summed E-state index contributed by atoms with van der Waals surface area (Å²) in [6.07, 6.45) is 3.57. The third-order valence-electron chi connectivity index (χ3n) is 3.25. The monoisotopic (exact) mass is 262 g/mol. The van der Waals surface area contributed by atoms with Crippen molar-refractivity contribution in [1.29, 1.82) is 0 Å². The van der Waals surface area contributed by atoms with Crippen LogP contribution in [0.25, 0.3) is 5.70 Å². The second-order valence-corrected chi connectivity index (χ2v) is 4.87. The van der Waals surface area contributed by atoms with Crippen LogP contribution in [0.4, 0.5) is 4.79 Å². The second kappa shape index (κ2) is 5.30. The molecule has 5 heteroatoms. The summed E-state index contributed by atoms with van der Waals surface area (Å²) in [5.74, 6) is 0.905. The van der Waals surface area contributed by atoms with E-state index in [9.17, 15) is 9.90 Å². The van der Waals surface area contributed by atoms with Crippen molar-refractivity contribution in [3.05, 3.63) is 29.5 Å². The van der Waals surface area contributed by atoms with Crippen molar-refractivity contribution in [3.63, 3.8) is 0 Å². The lowest BCUT2D eigenvalue weighted by Crippen LogP contribution is -2.34. The molecule has 1 amide bonds. The molecule has 1 aliphatic heterocycles. The molecule has 1 N–H and O–H groups in total. The largest absolute Gasteiger partial charge is 0.481 e. The van der Waals surface area contributed by atoms with Gasteiger partial charge in [-0.1, -0.05) is 13.0 Å². The van der Waals surface area contributed by atoms with E-state index in [0.717, 1.165) is 17.5 Å². The molecule has 2 rings (SSSR count). The molecule has 5 nitrogen and oxygen atoms in total. The Labute approximate surface area is 112 Å². The maximum absolute atomic E-state index is 11.3. The van der Waals surface area contributed by atoms with E-state index in [0.29, 0.717) is 24.0 Å². The quantitative estimate of drug-likeness (QED) is 0.890. The van der Waals surface area contributed by atoms with Crippen molar-refractivity contribution in [2.24, 2.45) is 5.92 Å². The summed E-state index contributed by atoms with van der Waals surface area (Å²) in [6, 6.07) is 1.91. The molecule has 0 saturated carbocycles. The fraction of sp³-hybridized carbons (Fsp3) is 0.429. The summed E-state index contributed by atoms with van der Waals surface area (Å²) in [6.45, 7) is 4.46. The van der Waals surface area contributed by atoms with Gasteiger partial charge in [0.25, 0.3) is 0 Å². The zero-order valence-corrected chi connectivity index (χ0v) is 11.4. The van der Waals surface area contributed by atoms with Crippen molar-refractivity contribution in [3.8, 4) is 5.88 Å². The number of hydrogen-bond donors (Lipinski definition) is 1. The Kier molecular flexibility index (Phi) is 3.74. The number of ether oxygens (including phenoxy) is 1. The molecule has 0 radical (unpaired) electrons. The van der Waals surface area contributed by atoms with Gasteiger partial charge in [0.05, 0.1) is 12.8 Å². The molecule has 2 heterocycles. The lowest BCUT2D eigenvalue weighted by molar-refractivity contribution is 0.159. The predicted octanol–water partition coefficient (Wildman–Crippen LogP) is 2.76. The topological polar surface area (TPSA) is 62.7 Å². The molecule has 102 valence electrons. The maximum Gasteiger partial charge on any atom is 0.411 e. The van der Waals surface area contributed by atoms with Gasteiger partial charge < -0.3 is 9.84 Å². The molecule has 0 aliphatic carbocycles. The van der Waals surface area contributed by atoms with Gasteiger partial charge >= 0.3 is 6.09 Å². The number of hydrogen-bond acceptors (Lipinski definition) is 3. The Hall–Kier alpha value is -2.04. The highest BCUT2D eigenvalue weighted by atomic mass is 16.5. The van der Waals surface area contributed by atoms with E-state index < -0.39 is 6.09 Å². The number of allylic oxidation sites excluding steroid dienone is 1. The van der Waals surface area contributed by atoms with Crippen LogP contribution in [0, 0.1) is 12.8 Å². The molecule has 1 aromatic rings. The third kappa shape index (κ3) is 2.70. The predicted molar refractivity (Wildman–Crippen MR) is 72.0 cm³/mol. The maximum atomic E-state index is 11.3. The van der Waals surface area contributed by atoms with Gasteiger partial charge in [0.1, 0.15) is 0 Å². The number of carboxylic acid groups (broad SMARTS) is 1. The molecular formula is C14H18N2O3. The van der Waals surface area contributed by atoms with E-state index in [4.69, 9.17) is 4.74 Å². The van der Waals surface area contributed by atoms with Crippen LogP contribution in [0.3, 0.4) is 0 Å². The zero-order chi connectivity index (χ0) is 14.0. The van der Waals surface area contributed by atoms with Crippen LogP contribution in [0.5, 0.6) is 5.88 Å². The highest BCUT2D eigenvalue weighted by Gasteiger charge is 2.25. The number of aromatic nitrogens is 1. The van der Waals surface area contributed by atoms with Gasteiger partial charge in [-0.05, 0) is 25.3 Å². The fourth-order valence-corrected chi connectivity index (χ4v) is 2.28. The highest BCUT2D eigenvalue weighted by molar-refractivity contribution is 5.81. The molecule has 19 heavy (non-hydrogen) atoms. The standard InChI is InChI=1S/C14H18N2O3/c1-9-4-5-12(16(8-9)14(17)18)11-6-10(2)13(19-3)15-7-11/h5-7,9H,4,8H2,1-3H3,(H,17,18). The zero-order valence-electron chi connectivity index (χ0n) is 11.4. The van der Waals surface area contributed by atoms with E-state index in [1.807, 2.05) is 26.0 Å². The Balaban J connectivity index is 2.38. The number of pyridine rings is 1. The first kappa shape index (κ1) is 13.4. The van der Waals surface area contributed by atoms with Crippen molar-refractivity contribution >= 4 is 11.8 Å². The number of rotatable bonds is 2. The molecule has 0 saturated heterocycles. The molecule has 1 aromatic heterocycles. The SMILES string of the molecule is COc1ncc(C2=CCC(C)CN2C(=O)O)cc1C. The smallest absolute Gasteiger partial charge is 0.411 e. The first-order valence-electron chi connectivity index (χ1n) is 6.24. The van der Waals surface area contributed by atoms with Gasteiger partial charge in [0.2, 0.25) is 5.88 Å². The minimum absolute atomic E-state index is 0.340. The summed E-state index contributed by atoms with van der Waals surface area (Å²) >= 11 is 0. The number of aryl methyl sites for hydroxylation is 1. The summed E-state index contributed by atoms with van der Waals surface area (Å²) < 4.78 is 5.12. The van der Waals surface area contributed by atoms with E-state index in [2.05, 4.69) is 4.98 Å². The van der Waals surface area contributed by atoms with Crippen LogP contribution < -0.4 is 4.74 Å². The van der Waals surface area contributed by atoms with Crippen LogP contribution in [0.15, 0.2) is 18.3 Å². The Bertz CT molecular complexity index is 525. The molecular weight excluding hydrogens is 244 g/mol. The minimum atomic E-state index is -0.925. The summed E-state index contributed by atoms with van der Waals surface area (Å²) in [7, 11) is 1.57. The van der Waals surface area contributed by atoms with Crippen LogP contribution in [-0.4, -0.2) is 34.7 Å². The van der Waals surface area contributed by atoms with Gasteiger partial charge in [-0.15, -0.1) is 0 Å². The van der Waals surface area contributed by atoms with Crippen molar-refractivity contribution in [1.82, 2.24) is 9.88 Å².